The van der Waals surface area contributed by atoms with Gasteiger partial charge in [-0.15, -0.1) is 0 Å². The number of aryl methyl sites for hydroxylation is 1. The van der Waals surface area contributed by atoms with Crippen molar-refractivity contribution in [3.8, 4) is 6.07 Å². The van der Waals surface area contributed by atoms with Crippen LogP contribution in [0.2, 0.25) is 0 Å². The maximum Gasteiger partial charge on any atom is 0.158 e. The Labute approximate surface area is 365 Å². The van der Waals surface area contributed by atoms with Crippen LogP contribution >= 0.6 is 0 Å². The number of hydrogen-bond acceptors (Lipinski definition) is 7. The topological polar surface area (TPSA) is 134 Å². The number of rotatable bonds is 6. The number of Topliss-reactive ketones (excluding diaryl/α,β-unsaturated/α-hetero) is 2. The molecule has 0 radical (unpaired) electrons. The Morgan fingerprint density at radius 3 is 1.82 bits per heavy atom. The summed E-state index contributed by atoms with van der Waals surface area (Å²) in [7, 11) is 0. The number of aliphatic hydroxyl groups is 2. The van der Waals surface area contributed by atoms with Gasteiger partial charge in [-0.2, -0.15) is 15.5 Å². The Morgan fingerprint density at radius 1 is 0.672 bits per heavy atom. The summed E-state index contributed by atoms with van der Waals surface area (Å²) in [5, 5.41) is 38.9. The first kappa shape index (κ1) is 42.1. The first-order chi connectivity index (χ1) is 29.0. The summed E-state index contributed by atoms with van der Waals surface area (Å²) < 4.78 is 3.50. The predicted molar refractivity (Wildman–Crippen MR) is 233 cm³/mol. The van der Waals surface area contributed by atoms with Crippen molar-refractivity contribution in [1.82, 2.24) is 19.6 Å². The molecule has 9 aliphatic carbocycles. The molecule has 9 nitrogen and oxygen atoms in total. The van der Waals surface area contributed by atoms with Gasteiger partial charge < -0.3 is 10.2 Å². The zero-order valence-electron chi connectivity index (χ0n) is 38.1. The summed E-state index contributed by atoms with van der Waals surface area (Å²) in [5.74, 6) is 10.8. The molecule has 2 aromatic rings. The number of ketones is 2. The van der Waals surface area contributed by atoms with Gasteiger partial charge in [0.15, 0.2) is 11.6 Å². The van der Waals surface area contributed by atoms with Gasteiger partial charge in [-0.25, -0.2) is 0 Å². The lowest BCUT2D eigenvalue weighted by molar-refractivity contribution is -0.136. The van der Waals surface area contributed by atoms with Crippen molar-refractivity contribution in [3.05, 3.63) is 35.9 Å². The van der Waals surface area contributed by atoms with Crippen molar-refractivity contribution >= 4 is 11.6 Å². The Morgan fingerprint density at radius 2 is 1.23 bits per heavy atom. The molecule has 0 aliphatic heterocycles. The van der Waals surface area contributed by atoms with Crippen molar-refractivity contribution < 1.29 is 19.8 Å². The van der Waals surface area contributed by atoms with E-state index in [1.165, 1.54) is 64.2 Å². The zero-order chi connectivity index (χ0) is 42.8. The lowest BCUT2D eigenvalue weighted by Crippen LogP contribution is -2.52. The fourth-order valence-electron chi connectivity index (χ4n) is 18.4. The number of fused-ring (bicyclic) bond motifs is 12. The standard InChI is InChI=1S/C26H37N3O2.C26H38N2O2/c1-16-10-22(23(30)15-29-14-17(12-27)13-28-29)26(3)9-7-20-19-6-8-25(2,31)11-18(19)4-5-21(20)24(16)26;1-15-12-27-28(13-15)14-22(29)24-21-10-20(21)23-19-5-4-16-11-25(2,30)8-6-17(16)18(19)7-9-26(23,24)3/h13-14,16,18-22,24,31H,4-11,15H2,1-3H3;12-13,16-21,23-24,30H,4-11,14H2,1-3H3/t16-,18-,19+,20-,21-,22-,24+,25-,26-;16-,17+,18-,19-,20-,21+,23-,24-,25-,26+/m11/s1. The van der Waals surface area contributed by atoms with Crippen molar-refractivity contribution in [2.45, 2.75) is 169 Å². The summed E-state index contributed by atoms with van der Waals surface area (Å²) in [4.78, 5) is 26.9. The lowest BCUT2D eigenvalue weighted by Gasteiger charge is -2.57. The highest BCUT2D eigenvalue weighted by Crippen LogP contribution is 2.75. The van der Waals surface area contributed by atoms with Crippen LogP contribution in [0.5, 0.6) is 0 Å². The molecule has 11 rings (SSSR count). The number of hydrogen-bond donors (Lipinski definition) is 2. The van der Waals surface area contributed by atoms with Crippen LogP contribution in [0, 0.1) is 118 Å². The largest absolute Gasteiger partial charge is 0.390 e. The second kappa shape index (κ2) is 15.1. The van der Waals surface area contributed by atoms with Crippen LogP contribution in [0.25, 0.3) is 0 Å². The molecule has 0 amide bonds. The minimum Gasteiger partial charge on any atom is -0.390 e. The molecule has 2 N–H and O–H groups in total. The molecule has 9 saturated carbocycles. The summed E-state index contributed by atoms with van der Waals surface area (Å²) in [6, 6.07) is 2.10. The molecular weight excluding hydrogens is 759 g/mol. The molecule has 9 heteroatoms. The van der Waals surface area contributed by atoms with Gasteiger partial charge in [-0.3, -0.25) is 19.0 Å². The van der Waals surface area contributed by atoms with E-state index in [4.69, 9.17) is 5.26 Å². The van der Waals surface area contributed by atoms with Gasteiger partial charge in [0.1, 0.15) is 6.07 Å². The van der Waals surface area contributed by atoms with Crippen molar-refractivity contribution in [1.29, 1.82) is 5.26 Å². The zero-order valence-corrected chi connectivity index (χ0v) is 38.1. The Hall–Kier alpha value is -2.83. The fourth-order valence-corrected chi connectivity index (χ4v) is 18.4. The first-order valence-corrected chi connectivity index (χ1v) is 24.9. The summed E-state index contributed by atoms with van der Waals surface area (Å²) >= 11 is 0. The molecule has 9 fully saturated rings. The molecule has 0 unspecified atom stereocenters. The number of aromatic nitrogens is 4. The molecule has 2 aromatic heterocycles. The van der Waals surface area contributed by atoms with Crippen LogP contribution < -0.4 is 0 Å². The highest BCUT2D eigenvalue weighted by atomic mass is 16.3. The molecular formula is C52H75N5O4. The van der Waals surface area contributed by atoms with Gasteiger partial charge in [0.2, 0.25) is 0 Å². The smallest absolute Gasteiger partial charge is 0.158 e. The van der Waals surface area contributed by atoms with E-state index in [1.54, 1.807) is 17.1 Å². The van der Waals surface area contributed by atoms with Crippen molar-refractivity contribution in [2.24, 2.45) is 99.6 Å². The van der Waals surface area contributed by atoms with Gasteiger partial charge in [0.25, 0.3) is 0 Å². The quantitative estimate of drug-likeness (QED) is 0.297. The van der Waals surface area contributed by atoms with E-state index >= 15 is 0 Å². The van der Waals surface area contributed by atoms with Crippen molar-refractivity contribution in [2.75, 3.05) is 0 Å². The van der Waals surface area contributed by atoms with E-state index in [1.807, 2.05) is 30.9 Å². The second-order valence-corrected chi connectivity index (χ2v) is 24.3. The molecule has 332 valence electrons. The molecule has 0 saturated heterocycles. The van der Waals surface area contributed by atoms with Crippen molar-refractivity contribution in [3.63, 3.8) is 0 Å². The van der Waals surface area contributed by atoms with Crippen LogP contribution in [0.1, 0.15) is 148 Å². The van der Waals surface area contributed by atoms with Crippen LogP contribution in [-0.2, 0) is 22.7 Å². The molecule has 0 bridgehead atoms. The van der Waals surface area contributed by atoms with E-state index in [9.17, 15) is 19.8 Å². The Bertz CT molecular complexity index is 2040. The lowest BCUT2D eigenvalue weighted by atomic mass is 9.48. The second-order valence-electron chi connectivity index (χ2n) is 24.3. The molecule has 2 heterocycles. The van der Waals surface area contributed by atoms with E-state index in [2.05, 4.69) is 44.0 Å². The van der Waals surface area contributed by atoms with Crippen LogP contribution in [-0.4, -0.2) is 52.5 Å². The normalized spacial score (nSPS) is 48.9. The van der Waals surface area contributed by atoms with Crippen LogP contribution in [0.4, 0.5) is 0 Å². The predicted octanol–water partition coefficient (Wildman–Crippen LogP) is 9.23. The summed E-state index contributed by atoms with van der Waals surface area (Å²) in [6.45, 7) is 14.1. The summed E-state index contributed by atoms with van der Waals surface area (Å²) in [5.41, 5.74) is 1.05. The van der Waals surface area contributed by atoms with Gasteiger partial charge in [0.05, 0.1) is 42.2 Å². The van der Waals surface area contributed by atoms with Gasteiger partial charge in [-0.05, 0) is 217 Å². The maximum absolute atomic E-state index is 13.5. The number of nitriles is 1. The molecule has 0 spiro atoms. The third-order valence-electron chi connectivity index (χ3n) is 20.5. The van der Waals surface area contributed by atoms with E-state index < -0.39 is 11.2 Å². The third-order valence-corrected chi connectivity index (χ3v) is 20.5. The SMILES string of the molecule is C[C@@H]1C[C@H](C(=O)Cn2cc(C#N)cn2)[C@@]2(C)CC[C@H]3[C@@H](CC[C@@H]4C[C@](C)(O)CC[C@@H]43)[C@H]12.Cc1cnn(CC(=O)[C@H]2[C@H]3C[C@H]3[C@H]3[C@@H]4CC[C@@H]5C[C@](C)(O)CC[C@@H]5[C@H]4CC[C@@]32C)c1. The maximum atomic E-state index is 13.5. The molecule has 19 atom stereocenters. The van der Waals surface area contributed by atoms with E-state index in [-0.39, 0.29) is 29.2 Å². The first-order valence-electron chi connectivity index (χ1n) is 24.9. The van der Waals surface area contributed by atoms with E-state index in [0.717, 1.165) is 97.3 Å². The number of carbonyl (C=O) groups is 2. The third kappa shape index (κ3) is 7.23. The average Bonchev–Trinajstić information content (AvgIpc) is 3.45. The molecule has 61 heavy (non-hydrogen) atoms. The van der Waals surface area contributed by atoms with Gasteiger partial charge in [-0.1, -0.05) is 20.8 Å². The van der Waals surface area contributed by atoms with Crippen LogP contribution in [0.15, 0.2) is 24.8 Å². The molecule has 9 aliphatic rings. The highest BCUT2D eigenvalue weighted by molar-refractivity contribution is 5.83. The van der Waals surface area contributed by atoms with E-state index in [0.29, 0.717) is 47.3 Å². The van der Waals surface area contributed by atoms with Gasteiger partial charge >= 0.3 is 0 Å². The fraction of sp³-hybridized carbons (Fsp3) is 0.827. The minimum atomic E-state index is -0.465. The molecule has 0 aromatic carbocycles. The minimum absolute atomic E-state index is 0.0931. The Kier molecular flexibility index (Phi) is 10.5. The highest BCUT2D eigenvalue weighted by Gasteiger charge is 2.71. The number of nitrogens with zero attached hydrogens (tertiary/aromatic N) is 5. The average molecular weight is 834 g/mol. The van der Waals surface area contributed by atoms with Gasteiger partial charge in [0, 0.05) is 24.2 Å². The Balaban J connectivity index is 0.000000146. The summed E-state index contributed by atoms with van der Waals surface area (Å²) in [6.07, 6.45) is 25.8. The monoisotopic (exact) mass is 834 g/mol. The number of carbonyl (C=O) groups excluding carboxylic acids is 2. The van der Waals surface area contributed by atoms with Crippen LogP contribution in [0.3, 0.4) is 0 Å².